The van der Waals surface area contributed by atoms with Crippen LogP contribution in [0.15, 0.2) is 35.7 Å². The first kappa shape index (κ1) is 9.67. The number of aromatic nitrogens is 1. The van der Waals surface area contributed by atoms with Gasteiger partial charge in [-0.1, -0.05) is 18.2 Å². The molecule has 0 spiro atoms. The van der Waals surface area contributed by atoms with Crippen LogP contribution in [0.3, 0.4) is 0 Å². The normalized spacial score (nSPS) is 11.1. The number of thiophene rings is 1. The fourth-order valence-electron chi connectivity index (χ4n) is 2.01. The summed E-state index contributed by atoms with van der Waals surface area (Å²) in [6, 6.07) is 10.8. The lowest BCUT2D eigenvalue weighted by atomic mass is 10.1. The quantitative estimate of drug-likeness (QED) is 0.629. The molecule has 3 rings (SSSR count). The zero-order valence-corrected chi connectivity index (χ0v) is 10.2. The van der Waals surface area contributed by atoms with Gasteiger partial charge in [0.25, 0.3) is 0 Å². The van der Waals surface area contributed by atoms with E-state index in [1.165, 1.54) is 32.6 Å². The average Bonchev–Trinajstić information content (AvgIpc) is 2.91. The van der Waals surface area contributed by atoms with Crippen LogP contribution in [0.4, 0.5) is 0 Å². The zero-order chi connectivity index (χ0) is 11.1. The van der Waals surface area contributed by atoms with Crippen molar-refractivity contribution in [1.29, 1.82) is 0 Å². The van der Waals surface area contributed by atoms with Gasteiger partial charge in [-0.05, 0) is 42.5 Å². The summed E-state index contributed by atoms with van der Waals surface area (Å²) in [5, 5.41) is 3.41. The van der Waals surface area contributed by atoms with Crippen LogP contribution < -0.4 is 0 Å². The topological polar surface area (TPSA) is 15.8 Å². The van der Waals surface area contributed by atoms with Crippen LogP contribution in [0, 0.1) is 13.8 Å². The van der Waals surface area contributed by atoms with Gasteiger partial charge in [0.15, 0.2) is 0 Å². The minimum Gasteiger partial charge on any atom is -0.354 e. The van der Waals surface area contributed by atoms with E-state index in [2.05, 4.69) is 54.5 Å². The highest BCUT2D eigenvalue weighted by Gasteiger charge is 2.06. The van der Waals surface area contributed by atoms with Crippen molar-refractivity contribution in [3.8, 4) is 10.6 Å². The number of aromatic amines is 1. The fraction of sp³-hybridized carbons (Fsp3) is 0.143. The molecule has 3 aromatic rings. The summed E-state index contributed by atoms with van der Waals surface area (Å²) in [7, 11) is 0. The Balaban J connectivity index is 2.28. The van der Waals surface area contributed by atoms with Gasteiger partial charge in [0, 0.05) is 10.9 Å². The molecule has 2 heteroatoms. The fourth-order valence-corrected chi connectivity index (χ4v) is 2.71. The summed E-state index contributed by atoms with van der Waals surface area (Å²) < 4.78 is 0. The van der Waals surface area contributed by atoms with E-state index in [9.17, 15) is 0 Å². The Morgan fingerprint density at radius 1 is 1.12 bits per heavy atom. The number of H-pyrrole nitrogens is 1. The third kappa shape index (κ3) is 1.38. The van der Waals surface area contributed by atoms with E-state index in [1.54, 1.807) is 11.3 Å². The van der Waals surface area contributed by atoms with Crippen LogP contribution in [0.2, 0.25) is 0 Å². The molecular weight excluding hydrogens is 214 g/mol. The molecule has 1 aromatic carbocycles. The Hall–Kier alpha value is -1.54. The highest BCUT2D eigenvalue weighted by molar-refractivity contribution is 7.13. The van der Waals surface area contributed by atoms with Gasteiger partial charge in [-0.3, -0.25) is 0 Å². The Morgan fingerprint density at radius 2 is 2.00 bits per heavy atom. The Bertz CT molecular complexity index is 632. The first-order valence-electron chi connectivity index (χ1n) is 5.38. The van der Waals surface area contributed by atoms with Crippen molar-refractivity contribution in [1.82, 2.24) is 4.98 Å². The van der Waals surface area contributed by atoms with Crippen LogP contribution in [-0.2, 0) is 0 Å². The molecule has 0 aliphatic rings. The van der Waals surface area contributed by atoms with Crippen LogP contribution in [0.5, 0.6) is 0 Å². The second kappa shape index (κ2) is 3.49. The third-order valence-electron chi connectivity index (χ3n) is 3.11. The molecule has 1 N–H and O–H groups in total. The molecule has 0 fully saturated rings. The number of aryl methyl sites for hydroxylation is 2. The highest BCUT2D eigenvalue weighted by atomic mass is 32.1. The monoisotopic (exact) mass is 227 g/mol. The van der Waals surface area contributed by atoms with Crippen LogP contribution in [0.25, 0.3) is 21.5 Å². The maximum absolute atomic E-state index is 3.52. The first-order valence-corrected chi connectivity index (χ1v) is 6.26. The molecule has 0 aliphatic heterocycles. The van der Waals surface area contributed by atoms with Gasteiger partial charge in [0.05, 0.1) is 10.6 Å². The molecule has 0 saturated carbocycles. The van der Waals surface area contributed by atoms with Crippen LogP contribution >= 0.6 is 11.3 Å². The number of rotatable bonds is 1. The van der Waals surface area contributed by atoms with Crippen LogP contribution in [0.1, 0.15) is 11.1 Å². The van der Waals surface area contributed by atoms with E-state index in [0.29, 0.717) is 0 Å². The number of hydrogen-bond acceptors (Lipinski definition) is 1. The van der Waals surface area contributed by atoms with Gasteiger partial charge in [-0.15, -0.1) is 11.3 Å². The van der Waals surface area contributed by atoms with E-state index in [0.717, 1.165) is 0 Å². The zero-order valence-electron chi connectivity index (χ0n) is 9.37. The molecule has 0 radical (unpaired) electrons. The van der Waals surface area contributed by atoms with Gasteiger partial charge < -0.3 is 4.98 Å². The molecule has 2 aromatic heterocycles. The van der Waals surface area contributed by atoms with Crippen molar-refractivity contribution in [3.63, 3.8) is 0 Å². The molecule has 0 saturated heterocycles. The van der Waals surface area contributed by atoms with Gasteiger partial charge in [-0.25, -0.2) is 0 Å². The van der Waals surface area contributed by atoms with Crippen molar-refractivity contribution >= 4 is 22.2 Å². The second-order valence-corrected chi connectivity index (χ2v) is 5.08. The molecular formula is C14H13NS. The first-order chi connectivity index (χ1) is 7.75. The highest BCUT2D eigenvalue weighted by Crippen LogP contribution is 2.29. The molecule has 2 heterocycles. The summed E-state index contributed by atoms with van der Waals surface area (Å²) in [6.45, 7) is 4.33. The summed E-state index contributed by atoms with van der Waals surface area (Å²) in [5.74, 6) is 0. The lowest BCUT2D eigenvalue weighted by Crippen LogP contribution is -1.81. The molecule has 16 heavy (non-hydrogen) atoms. The van der Waals surface area contributed by atoms with Gasteiger partial charge >= 0.3 is 0 Å². The molecule has 0 aliphatic carbocycles. The number of benzene rings is 1. The molecule has 0 amide bonds. The Morgan fingerprint density at radius 3 is 2.75 bits per heavy atom. The van der Waals surface area contributed by atoms with Gasteiger partial charge in [0.1, 0.15) is 0 Å². The Labute approximate surface area is 98.7 Å². The number of hydrogen-bond donors (Lipinski definition) is 1. The van der Waals surface area contributed by atoms with Crippen LogP contribution in [-0.4, -0.2) is 4.98 Å². The molecule has 0 atom stereocenters. The predicted molar refractivity (Wildman–Crippen MR) is 71.1 cm³/mol. The molecule has 80 valence electrons. The number of fused-ring (bicyclic) bond motifs is 1. The summed E-state index contributed by atoms with van der Waals surface area (Å²) >= 11 is 1.77. The minimum absolute atomic E-state index is 1.22. The summed E-state index contributed by atoms with van der Waals surface area (Å²) in [5.41, 5.74) is 5.18. The third-order valence-corrected chi connectivity index (χ3v) is 4.02. The van der Waals surface area contributed by atoms with Crippen molar-refractivity contribution in [2.75, 3.05) is 0 Å². The van der Waals surface area contributed by atoms with E-state index in [-0.39, 0.29) is 0 Å². The predicted octanol–water partition coefficient (Wildman–Crippen LogP) is 4.51. The smallest absolute Gasteiger partial charge is 0.0566 e. The van der Waals surface area contributed by atoms with Crippen molar-refractivity contribution in [3.05, 3.63) is 46.8 Å². The number of nitrogens with one attached hydrogen (secondary N) is 1. The van der Waals surface area contributed by atoms with E-state index >= 15 is 0 Å². The van der Waals surface area contributed by atoms with E-state index in [4.69, 9.17) is 0 Å². The largest absolute Gasteiger partial charge is 0.354 e. The minimum atomic E-state index is 1.22. The molecule has 0 bridgehead atoms. The van der Waals surface area contributed by atoms with Gasteiger partial charge in [0.2, 0.25) is 0 Å². The van der Waals surface area contributed by atoms with Gasteiger partial charge in [-0.2, -0.15) is 0 Å². The van der Waals surface area contributed by atoms with E-state index < -0.39 is 0 Å². The SMILES string of the molecule is Cc1ccc2cc(-c3cccs3)[nH]c2c1C. The van der Waals surface area contributed by atoms with E-state index in [1.807, 2.05) is 0 Å². The summed E-state index contributed by atoms with van der Waals surface area (Å²) in [6.07, 6.45) is 0. The lowest BCUT2D eigenvalue weighted by Gasteiger charge is -2.00. The van der Waals surface area contributed by atoms with Crippen molar-refractivity contribution in [2.45, 2.75) is 13.8 Å². The Kier molecular flexibility index (Phi) is 2.11. The maximum atomic E-state index is 3.52. The molecule has 0 unspecified atom stereocenters. The second-order valence-electron chi connectivity index (χ2n) is 4.13. The summed E-state index contributed by atoms with van der Waals surface area (Å²) in [4.78, 5) is 4.82. The standard InChI is InChI=1S/C14H13NS/c1-9-5-6-11-8-12(13-4-3-7-16-13)15-14(11)10(9)2/h3-8,15H,1-2H3. The molecule has 1 nitrogen and oxygen atoms in total. The van der Waals surface area contributed by atoms with Crippen molar-refractivity contribution in [2.24, 2.45) is 0 Å². The maximum Gasteiger partial charge on any atom is 0.0566 e. The lowest BCUT2D eigenvalue weighted by molar-refractivity contribution is 1.34. The average molecular weight is 227 g/mol. The van der Waals surface area contributed by atoms with Crippen molar-refractivity contribution < 1.29 is 0 Å².